The first kappa shape index (κ1) is 11.8. The van der Waals surface area contributed by atoms with Gasteiger partial charge in [-0.05, 0) is 18.4 Å². The van der Waals surface area contributed by atoms with Gasteiger partial charge in [0.25, 0.3) is 0 Å². The Morgan fingerprint density at radius 2 is 2.38 bits per heavy atom. The van der Waals surface area contributed by atoms with Crippen LogP contribution in [0.3, 0.4) is 0 Å². The molecule has 1 saturated heterocycles. The van der Waals surface area contributed by atoms with Crippen LogP contribution >= 0.6 is 0 Å². The average Bonchev–Trinajstić information content (AvgIpc) is 2.54. The lowest BCUT2D eigenvalue weighted by Crippen LogP contribution is -2.44. The van der Waals surface area contributed by atoms with Gasteiger partial charge in [0, 0.05) is 36.7 Å². The van der Waals surface area contributed by atoms with Crippen molar-refractivity contribution >= 4 is 10.8 Å². The Balaban J connectivity index is 1.91. The van der Waals surface area contributed by atoms with Gasteiger partial charge in [0.05, 0.1) is 17.1 Å². The largest absolute Gasteiger partial charge is 0.316 e. The van der Waals surface area contributed by atoms with E-state index >= 15 is 0 Å². The minimum atomic E-state index is -0.749. The smallest absolute Gasteiger partial charge is 0.0655 e. The summed E-state index contributed by atoms with van der Waals surface area (Å²) in [5.74, 6) is 2.07. The van der Waals surface area contributed by atoms with Gasteiger partial charge in [-0.15, -0.1) is 0 Å². The van der Waals surface area contributed by atoms with Gasteiger partial charge in [-0.3, -0.25) is 8.89 Å². The SMILES string of the molecule is CCc1cc(CS(=O)CC2CNC2)n(C)n1. The van der Waals surface area contributed by atoms with Crippen LogP contribution in [0.5, 0.6) is 0 Å². The molecule has 2 heterocycles. The predicted octanol–water partition coefficient (Wildman–Crippen LogP) is 0.451. The lowest BCUT2D eigenvalue weighted by atomic mass is 10.1. The third-order valence-electron chi connectivity index (χ3n) is 2.99. The molecule has 90 valence electrons. The highest BCUT2D eigenvalue weighted by molar-refractivity contribution is 7.84. The van der Waals surface area contributed by atoms with Crippen molar-refractivity contribution in [3.8, 4) is 0 Å². The van der Waals surface area contributed by atoms with Crippen molar-refractivity contribution < 1.29 is 4.21 Å². The maximum Gasteiger partial charge on any atom is 0.0655 e. The molecule has 1 N–H and O–H groups in total. The summed E-state index contributed by atoms with van der Waals surface area (Å²) in [5.41, 5.74) is 2.17. The van der Waals surface area contributed by atoms with E-state index in [2.05, 4.69) is 23.4 Å². The zero-order chi connectivity index (χ0) is 11.5. The third kappa shape index (κ3) is 2.71. The van der Waals surface area contributed by atoms with Gasteiger partial charge in [-0.1, -0.05) is 6.92 Å². The first-order valence-electron chi connectivity index (χ1n) is 5.76. The van der Waals surface area contributed by atoms with Crippen LogP contribution < -0.4 is 5.32 Å². The second-order valence-electron chi connectivity index (χ2n) is 4.38. The van der Waals surface area contributed by atoms with Crippen molar-refractivity contribution in [2.24, 2.45) is 13.0 Å². The summed E-state index contributed by atoms with van der Waals surface area (Å²) in [6.45, 7) is 4.14. The number of nitrogens with zero attached hydrogens (tertiary/aromatic N) is 2. The molecular weight excluding hydrogens is 222 g/mol. The van der Waals surface area contributed by atoms with Crippen molar-refractivity contribution in [3.05, 3.63) is 17.5 Å². The highest BCUT2D eigenvalue weighted by atomic mass is 32.2. The van der Waals surface area contributed by atoms with Crippen LogP contribution in [-0.4, -0.2) is 32.8 Å². The van der Waals surface area contributed by atoms with E-state index in [1.54, 1.807) is 0 Å². The quantitative estimate of drug-likeness (QED) is 0.814. The van der Waals surface area contributed by atoms with Crippen LogP contribution in [0.1, 0.15) is 18.3 Å². The second kappa shape index (κ2) is 5.10. The van der Waals surface area contributed by atoms with E-state index in [0.29, 0.717) is 11.7 Å². The van der Waals surface area contributed by atoms with Gasteiger partial charge < -0.3 is 5.32 Å². The number of hydrogen-bond acceptors (Lipinski definition) is 3. The van der Waals surface area contributed by atoms with Gasteiger partial charge >= 0.3 is 0 Å². The van der Waals surface area contributed by atoms with E-state index in [-0.39, 0.29) is 0 Å². The molecule has 0 radical (unpaired) electrons. The number of rotatable bonds is 5. The molecule has 0 spiro atoms. The summed E-state index contributed by atoms with van der Waals surface area (Å²) < 4.78 is 13.8. The maximum absolute atomic E-state index is 11.9. The van der Waals surface area contributed by atoms with Crippen molar-refractivity contribution in [2.45, 2.75) is 19.1 Å². The molecule has 1 aliphatic rings. The Labute approximate surface area is 98.9 Å². The Morgan fingerprint density at radius 3 is 2.88 bits per heavy atom. The summed E-state index contributed by atoms with van der Waals surface area (Å²) in [6.07, 6.45) is 0.938. The standard InChI is InChI=1S/C11H19N3OS/c1-3-10-4-11(14(2)13-10)8-16(15)7-9-5-12-6-9/h4,9,12H,3,5-8H2,1-2H3. The summed E-state index contributed by atoms with van der Waals surface area (Å²) >= 11 is 0. The van der Waals surface area contributed by atoms with E-state index in [1.807, 2.05) is 11.7 Å². The van der Waals surface area contributed by atoms with Gasteiger partial charge in [0.2, 0.25) is 0 Å². The van der Waals surface area contributed by atoms with Crippen LogP contribution in [0.15, 0.2) is 6.07 Å². The number of aryl methyl sites for hydroxylation is 2. The molecule has 5 heteroatoms. The van der Waals surface area contributed by atoms with Crippen molar-refractivity contribution in [2.75, 3.05) is 18.8 Å². The Bertz CT molecular complexity index is 385. The minimum absolute atomic E-state index is 0.611. The zero-order valence-electron chi connectivity index (χ0n) is 9.90. The maximum atomic E-state index is 11.9. The number of hydrogen-bond donors (Lipinski definition) is 1. The molecule has 1 atom stereocenters. The fraction of sp³-hybridized carbons (Fsp3) is 0.727. The third-order valence-corrected chi connectivity index (χ3v) is 4.45. The molecule has 1 unspecified atom stereocenters. The molecule has 0 aromatic carbocycles. The molecule has 0 aliphatic carbocycles. The number of nitrogens with one attached hydrogen (secondary N) is 1. The normalized spacial score (nSPS) is 18.4. The van der Waals surface area contributed by atoms with Crippen molar-refractivity contribution in [1.29, 1.82) is 0 Å². The summed E-state index contributed by atoms with van der Waals surface area (Å²) in [5, 5.41) is 7.57. The molecule has 1 aromatic heterocycles. The zero-order valence-corrected chi connectivity index (χ0v) is 10.7. The van der Waals surface area contributed by atoms with Crippen LogP contribution in [-0.2, 0) is 30.0 Å². The molecule has 1 fully saturated rings. The van der Waals surface area contributed by atoms with Crippen molar-refractivity contribution in [3.63, 3.8) is 0 Å². The molecule has 0 amide bonds. The summed E-state index contributed by atoms with van der Waals surface area (Å²) in [6, 6.07) is 2.07. The lowest BCUT2D eigenvalue weighted by Gasteiger charge is -2.26. The Hall–Kier alpha value is -0.680. The monoisotopic (exact) mass is 241 g/mol. The molecule has 2 rings (SSSR count). The van der Waals surface area contributed by atoms with E-state index in [1.165, 1.54) is 0 Å². The highest BCUT2D eigenvalue weighted by Gasteiger charge is 2.20. The molecule has 1 aliphatic heterocycles. The molecule has 0 saturated carbocycles. The summed E-state index contributed by atoms with van der Waals surface area (Å²) in [4.78, 5) is 0. The fourth-order valence-corrected chi connectivity index (χ4v) is 3.31. The van der Waals surface area contributed by atoms with Crippen LogP contribution in [0.2, 0.25) is 0 Å². The highest BCUT2D eigenvalue weighted by Crippen LogP contribution is 2.11. The predicted molar refractivity (Wildman–Crippen MR) is 65.7 cm³/mol. The van der Waals surface area contributed by atoms with Crippen LogP contribution in [0.25, 0.3) is 0 Å². The van der Waals surface area contributed by atoms with Crippen LogP contribution in [0.4, 0.5) is 0 Å². The van der Waals surface area contributed by atoms with E-state index in [0.717, 1.165) is 36.7 Å². The van der Waals surface area contributed by atoms with Crippen molar-refractivity contribution in [1.82, 2.24) is 15.1 Å². The fourth-order valence-electron chi connectivity index (χ4n) is 1.83. The Morgan fingerprint density at radius 1 is 1.62 bits per heavy atom. The van der Waals surface area contributed by atoms with Crippen LogP contribution in [0, 0.1) is 5.92 Å². The average molecular weight is 241 g/mol. The first-order valence-corrected chi connectivity index (χ1v) is 7.25. The second-order valence-corrected chi connectivity index (χ2v) is 5.88. The van der Waals surface area contributed by atoms with Gasteiger partial charge in [0.15, 0.2) is 0 Å². The van der Waals surface area contributed by atoms with E-state index in [9.17, 15) is 4.21 Å². The molecule has 1 aromatic rings. The first-order chi connectivity index (χ1) is 7.69. The van der Waals surface area contributed by atoms with Gasteiger partial charge in [-0.25, -0.2) is 0 Å². The van der Waals surface area contributed by atoms with E-state index < -0.39 is 10.8 Å². The number of aromatic nitrogens is 2. The molecular formula is C11H19N3OS. The minimum Gasteiger partial charge on any atom is -0.316 e. The lowest BCUT2D eigenvalue weighted by molar-refractivity contribution is 0.382. The van der Waals surface area contributed by atoms with Gasteiger partial charge in [0.1, 0.15) is 0 Å². The Kier molecular flexibility index (Phi) is 3.76. The van der Waals surface area contributed by atoms with E-state index in [4.69, 9.17) is 0 Å². The topological polar surface area (TPSA) is 46.9 Å². The van der Waals surface area contributed by atoms with Gasteiger partial charge in [-0.2, -0.15) is 5.10 Å². The summed E-state index contributed by atoms with van der Waals surface area (Å²) in [7, 11) is 1.18. The molecule has 16 heavy (non-hydrogen) atoms. The molecule has 0 bridgehead atoms. The molecule has 4 nitrogen and oxygen atoms in total.